The number of fused-ring (bicyclic) bond motifs is 1. The number of aryl methyl sites for hydroxylation is 1. The molecule has 0 fully saturated rings. The molecule has 1 aliphatic rings. The summed E-state index contributed by atoms with van der Waals surface area (Å²) in [6.07, 6.45) is 2.00. The molecular formula is C14H19NO3. The summed E-state index contributed by atoms with van der Waals surface area (Å²) in [7, 11) is 0. The molecule has 3 N–H and O–H groups in total. The number of rotatable bonds is 5. The van der Waals surface area contributed by atoms with E-state index in [1.807, 2.05) is 31.2 Å². The van der Waals surface area contributed by atoms with E-state index in [0.717, 1.165) is 17.5 Å². The highest BCUT2D eigenvalue weighted by atomic mass is 16.4. The Morgan fingerprint density at radius 3 is 2.83 bits per heavy atom. The zero-order chi connectivity index (χ0) is 13.2. The van der Waals surface area contributed by atoms with Crippen molar-refractivity contribution in [2.75, 3.05) is 6.61 Å². The maximum Gasteiger partial charge on any atom is 0.328 e. The topological polar surface area (TPSA) is 69.6 Å². The van der Waals surface area contributed by atoms with Crippen molar-refractivity contribution in [3.8, 4) is 0 Å². The van der Waals surface area contributed by atoms with Gasteiger partial charge in [-0.05, 0) is 30.4 Å². The van der Waals surface area contributed by atoms with Crippen LogP contribution in [0.5, 0.6) is 0 Å². The molecule has 4 heteroatoms. The number of hydrogen-bond donors (Lipinski definition) is 3. The molecule has 0 aromatic heterocycles. The first-order chi connectivity index (χ1) is 8.64. The van der Waals surface area contributed by atoms with Crippen LogP contribution in [0.1, 0.15) is 30.9 Å². The van der Waals surface area contributed by atoms with Crippen LogP contribution in [0.25, 0.3) is 0 Å². The lowest BCUT2D eigenvalue weighted by molar-refractivity contribution is -0.146. The van der Waals surface area contributed by atoms with Gasteiger partial charge in [0, 0.05) is 6.04 Å². The zero-order valence-electron chi connectivity index (χ0n) is 10.5. The average molecular weight is 249 g/mol. The van der Waals surface area contributed by atoms with E-state index < -0.39 is 11.5 Å². The van der Waals surface area contributed by atoms with Crippen molar-refractivity contribution < 1.29 is 15.0 Å². The SMILES string of the molecule is CCC(CO)NC1(C(=O)O)CCc2ccccc21. The van der Waals surface area contributed by atoms with E-state index in [1.54, 1.807) is 0 Å². The molecule has 0 amide bonds. The summed E-state index contributed by atoms with van der Waals surface area (Å²) < 4.78 is 0. The third-order valence-electron chi connectivity index (χ3n) is 3.78. The number of aliphatic hydroxyl groups is 1. The van der Waals surface area contributed by atoms with Crippen LogP contribution >= 0.6 is 0 Å². The van der Waals surface area contributed by atoms with Gasteiger partial charge in [0.25, 0.3) is 0 Å². The smallest absolute Gasteiger partial charge is 0.328 e. The molecule has 98 valence electrons. The molecule has 0 aliphatic heterocycles. The minimum atomic E-state index is -1.04. The van der Waals surface area contributed by atoms with Crippen molar-refractivity contribution >= 4 is 5.97 Å². The molecular weight excluding hydrogens is 230 g/mol. The van der Waals surface area contributed by atoms with Gasteiger partial charge < -0.3 is 10.2 Å². The molecule has 1 aromatic rings. The first-order valence-electron chi connectivity index (χ1n) is 6.34. The van der Waals surface area contributed by atoms with E-state index in [-0.39, 0.29) is 12.6 Å². The number of aliphatic hydroxyl groups excluding tert-OH is 1. The molecule has 2 atom stereocenters. The number of hydrogen-bond acceptors (Lipinski definition) is 3. The summed E-state index contributed by atoms with van der Waals surface area (Å²) in [5.74, 6) is -0.862. The molecule has 2 unspecified atom stereocenters. The minimum absolute atomic E-state index is 0.0479. The first kappa shape index (κ1) is 13.1. The number of nitrogens with one attached hydrogen (secondary N) is 1. The van der Waals surface area contributed by atoms with Gasteiger partial charge in [0.15, 0.2) is 0 Å². The summed E-state index contributed by atoms with van der Waals surface area (Å²) in [5.41, 5.74) is 0.879. The molecule has 0 bridgehead atoms. The number of benzene rings is 1. The fourth-order valence-corrected chi connectivity index (χ4v) is 2.67. The second kappa shape index (κ2) is 5.08. The van der Waals surface area contributed by atoms with E-state index in [0.29, 0.717) is 12.8 Å². The molecule has 0 radical (unpaired) electrons. The average Bonchev–Trinajstić information content (AvgIpc) is 2.76. The molecule has 1 aromatic carbocycles. The molecule has 0 spiro atoms. The normalized spacial score (nSPS) is 23.7. The lowest BCUT2D eigenvalue weighted by Crippen LogP contribution is -2.53. The highest BCUT2D eigenvalue weighted by molar-refractivity contribution is 5.82. The number of carbonyl (C=O) groups is 1. The first-order valence-corrected chi connectivity index (χ1v) is 6.34. The largest absolute Gasteiger partial charge is 0.480 e. The van der Waals surface area contributed by atoms with Crippen LogP contribution in [-0.2, 0) is 16.8 Å². The second-order valence-electron chi connectivity index (χ2n) is 4.80. The van der Waals surface area contributed by atoms with Crippen LogP contribution in [0, 0.1) is 0 Å². The van der Waals surface area contributed by atoms with Gasteiger partial charge in [-0.15, -0.1) is 0 Å². The highest BCUT2D eigenvalue weighted by Crippen LogP contribution is 2.37. The van der Waals surface area contributed by atoms with E-state index in [2.05, 4.69) is 5.32 Å². The van der Waals surface area contributed by atoms with Crippen LogP contribution < -0.4 is 5.32 Å². The molecule has 18 heavy (non-hydrogen) atoms. The lowest BCUT2D eigenvalue weighted by Gasteiger charge is -2.31. The molecule has 1 aliphatic carbocycles. The van der Waals surface area contributed by atoms with Crippen LogP contribution in [0.15, 0.2) is 24.3 Å². The summed E-state index contributed by atoms with van der Waals surface area (Å²) in [5, 5.41) is 22.0. The van der Waals surface area contributed by atoms with Crippen LogP contribution in [0.3, 0.4) is 0 Å². The fraction of sp³-hybridized carbons (Fsp3) is 0.500. The minimum Gasteiger partial charge on any atom is -0.480 e. The molecule has 2 rings (SSSR count). The van der Waals surface area contributed by atoms with Gasteiger partial charge >= 0.3 is 5.97 Å². The van der Waals surface area contributed by atoms with Crippen molar-refractivity contribution in [2.45, 2.75) is 37.8 Å². The van der Waals surface area contributed by atoms with E-state index in [1.165, 1.54) is 0 Å². The van der Waals surface area contributed by atoms with Gasteiger partial charge in [-0.25, -0.2) is 4.79 Å². The Morgan fingerprint density at radius 1 is 1.50 bits per heavy atom. The third-order valence-corrected chi connectivity index (χ3v) is 3.78. The van der Waals surface area contributed by atoms with Crippen molar-refractivity contribution in [3.63, 3.8) is 0 Å². The molecule has 4 nitrogen and oxygen atoms in total. The van der Waals surface area contributed by atoms with E-state index in [4.69, 9.17) is 0 Å². The van der Waals surface area contributed by atoms with Crippen molar-refractivity contribution in [3.05, 3.63) is 35.4 Å². The molecule has 0 heterocycles. The molecule has 0 saturated carbocycles. The summed E-state index contributed by atoms with van der Waals surface area (Å²) in [4.78, 5) is 11.7. The van der Waals surface area contributed by atoms with Crippen LogP contribution in [-0.4, -0.2) is 28.8 Å². The maximum absolute atomic E-state index is 11.7. The predicted octanol–water partition coefficient (Wildman–Crippen LogP) is 1.27. The van der Waals surface area contributed by atoms with Gasteiger partial charge in [0.2, 0.25) is 0 Å². The summed E-state index contributed by atoms with van der Waals surface area (Å²) in [6.45, 7) is 1.89. The maximum atomic E-state index is 11.7. The van der Waals surface area contributed by atoms with Gasteiger partial charge in [-0.1, -0.05) is 31.2 Å². The van der Waals surface area contributed by atoms with Crippen LogP contribution in [0.2, 0.25) is 0 Å². The Bertz CT molecular complexity index is 442. The van der Waals surface area contributed by atoms with E-state index in [9.17, 15) is 15.0 Å². The number of carboxylic acid groups (broad SMARTS) is 1. The predicted molar refractivity (Wildman–Crippen MR) is 68.4 cm³/mol. The summed E-state index contributed by atoms with van der Waals surface area (Å²) >= 11 is 0. The van der Waals surface area contributed by atoms with Gasteiger partial charge in [-0.2, -0.15) is 0 Å². The standard InChI is InChI=1S/C14H19NO3/c1-2-11(9-16)15-14(13(17)18)8-7-10-5-3-4-6-12(10)14/h3-6,11,15-16H,2,7-9H2,1H3,(H,17,18). The van der Waals surface area contributed by atoms with Gasteiger partial charge in [0.05, 0.1) is 6.61 Å². The highest BCUT2D eigenvalue weighted by Gasteiger charge is 2.46. The fourth-order valence-electron chi connectivity index (χ4n) is 2.67. The van der Waals surface area contributed by atoms with Crippen molar-refractivity contribution in [1.82, 2.24) is 5.32 Å². The second-order valence-corrected chi connectivity index (χ2v) is 4.80. The number of carboxylic acids is 1. The molecule has 0 saturated heterocycles. The Balaban J connectivity index is 2.38. The van der Waals surface area contributed by atoms with Crippen molar-refractivity contribution in [2.24, 2.45) is 0 Å². The van der Waals surface area contributed by atoms with Crippen LogP contribution in [0.4, 0.5) is 0 Å². The zero-order valence-corrected chi connectivity index (χ0v) is 10.5. The monoisotopic (exact) mass is 249 g/mol. The lowest BCUT2D eigenvalue weighted by atomic mass is 9.90. The Kier molecular flexibility index (Phi) is 3.68. The number of aliphatic carboxylic acids is 1. The van der Waals surface area contributed by atoms with Crippen molar-refractivity contribution in [1.29, 1.82) is 0 Å². The quantitative estimate of drug-likeness (QED) is 0.735. The van der Waals surface area contributed by atoms with E-state index >= 15 is 0 Å². The Hall–Kier alpha value is -1.39. The Morgan fingerprint density at radius 2 is 2.22 bits per heavy atom. The van der Waals surface area contributed by atoms with Gasteiger partial charge in [-0.3, -0.25) is 5.32 Å². The third kappa shape index (κ3) is 2.02. The summed E-state index contributed by atoms with van der Waals surface area (Å²) in [6, 6.07) is 7.45. The van der Waals surface area contributed by atoms with Gasteiger partial charge in [0.1, 0.15) is 5.54 Å². The Labute approximate surface area is 107 Å².